The highest BCUT2D eigenvalue weighted by atomic mass is 19.3. The molecule has 0 unspecified atom stereocenters. The molecule has 1 atom stereocenters. The number of halogens is 2. The minimum absolute atomic E-state index is 0.0994. The lowest BCUT2D eigenvalue weighted by atomic mass is 9.94. The maximum atomic E-state index is 12.1. The first-order valence-corrected chi connectivity index (χ1v) is 6.11. The summed E-state index contributed by atoms with van der Waals surface area (Å²) in [5.74, 6) is -1.15. The van der Waals surface area contributed by atoms with Crippen LogP contribution in [0.5, 0.6) is 0 Å². The molecule has 7 heteroatoms. The van der Waals surface area contributed by atoms with E-state index in [1.807, 2.05) is 5.32 Å². The molecule has 20 heavy (non-hydrogen) atoms. The van der Waals surface area contributed by atoms with Crippen LogP contribution in [0.25, 0.3) is 0 Å². The Hall–Kier alpha value is -2.18. The Morgan fingerprint density at radius 2 is 2.00 bits per heavy atom. The van der Waals surface area contributed by atoms with Crippen LogP contribution in [0.3, 0.4) is 0 Å². The highest BCUT2D eigenvalue weighted by molar-refractivity contribution is 5.83. The third-order valence-electron chi connectivity index (χ3n) is 3.20. The van der Waals surface area contributed by atoms with Gasteiger partial charge in [0.05, 0.1) is 6.54 Å². The van der Waals surface area contributed by atoms with Gasteiger partial charge in [0.1, 0.15) is 6.04 Å². The van der Waals surface area contributed by atoms with Crippen molar-refractivity contribution < 1.29 is 23.5 Å². The molecule has 1 aromatic rings. The molecule has 1 aromatic carbocycles. The number of carboxylic acids is 1. The van der Waals surface area contributed by atoms with E-state index in [2.05, 4.69) is 0 Å². The number of carbonyl (C=O) groups excluding carboxylic acids is 1. The number of urea groups is 1. The van der Waals surface area contributed by atoms with Crippen LogP contribution in [0.15, 0.2) is 24.3 Å². The zero-order valence-electron chi connectivity index (χ0n) is 10.6. The van der Waals surface area contributed by atoms with Crippen molar-refractivity contribution in [1.29, 1.82) is 0 Å². The number of carbonyl (C=O) groups is 2. The topological polar surface area (TPSA) is 69.6 Å². The third kappa shape index (κ3) is 3.04. The van der Waals surface area contributed by atoms with Crippen LogP contribution in [0.4, 0.5) is 13.6 Å². The van der Waals surface area contributed by atoms with E-state index in [1.54, 1.807) is 24.3 Å². The van der Waals surface area contributed by atoms with E-state index < -0.39 is 31.0 Å². The van der Waals surface area contributed by atoms with Crippen LogP contribution < -0.4 is 5.32 Å². The van der Waals surface area contributed by atoms with E-state index in [0.717, 1.165) is 16.0 Å². The Kier molecular flexibility index (Phi) is 4.16. The first-order valence-electron chi connectivity index (χ1n) is 6.11. The summed E-state index contributed by atoms with van der Waals surface area (Å²) in [5.41, 5.74) is 1.69. The van der Waals surface area contributed by atoms with Crippen molar-refractivity contribution in [2.75, 3.05) is 6.54 Å². The van der Waals surface area contributed by atoms with Gasteiger partial charge in [-0.05, 0) is 11.1 Å². The second-order valence-corrected chi connectivity index (χ2v) is 4.53. The molecule has 0 saturated heterocycles. The quantitative estimate of drug-likeness (QED) is 0.883. The van der Waals surface area contributed by atoms with Crippen LogP contribution in [0, 0.1) is 0 Å². The first-order chi connectivity index (χ1) is 9.49. The first kappa shape index (κ1) is 14.2. The predicted octanol–water partition coefficient (Wildman–Crippen LogP) is 1.47. The number of hydrogen-bond donors (Lipinski definition) is 2. The molecule has 108 valence electrons. The van der Waals surface area contributed by atoms with Crippen molar-refractivity contribution in [3.63, 3.8) is 0 Å². The van der Waals surface area contributed by atoms with Gasteiger partial charge in [-0.1, -0.05) is 24.3 Å². The number of rotatable bonds is 3. The zero-order chi connectivity index (χ0) is 14.7. The summed E-state index contributed by atoms with van der Waals surface area (Å²) in [6.45, 7) is -0.689. The van der Waals surface area contributed by atoms with Gasteiger partial charge in [-0.25, -0.2) is 18.4 Å². The van der Waals surface area contributed by atoms with E-state index in [9.17, 15) is 23.5 Å². The van der Waals surface area contributed by atoms with Crippen molar-refractivity contribution in [2.45, 2.75) is 25.4 Å². The molecular weight excluding hydrogens is 270 g/mol. The van der Waals surface area contributed by atoms with Crippen LogP contribution in [-0.2, 0) is 17.8 Å². The number of aliphatic carboxylic acids is 1. The van der Waals surface area contributed by atoms with E-state index in [0.29, 0.717) is 0 Å². The average molecular weight is 284 g/mol. The molecular formula is C13H14F2N2O3. The lowest BCUT2D eigenvalue weighted by molar-refractivity contribution is -0.142. The SMILES string of the molecule is O=C(O)[C@H]1Cc2ccccc2CN1C(=O)NCC(F)F. The fourth-order valence-electron chi connectivity index (χ4n) is 2.22. The summed E-state index contributed by atoms with van der Waals surface area (Å²) in [4.78, 5) is 24.2. The van der Waals surface area contributed by atoms with Gasteiger partial charge in [-0.15, -0.1) is 0 Å². The number of hydrogen-bond acceptors (Lipinski definition) is 2. The summed E-state index contributed by atoms with van der Waals surface area (Å²) >= 11 is 0. The molecule has 0 radical (unpaired) electrons. The molecule has 0 bridgehead atoms. The highest BCUT2D eigenvalue weighted by Crippen LogP contribution is 2.23. The molecule has 0 spiro atoms. The summed E-state index contributed by atoms with van der Waals surface area (Å²) in [6.07, 6.45) is -2.49. The van der Waals surface area contributed by atoms with E-state index in [4.69, 9.17) is 0 Å². The van der Waals surface area contributed by atoms with Crippen LogP contribution in [-0.4, -0.2) is 41.0 Å². The molecule has 0 aromatic heterocycles. The smallest absolute Gasteiger partial charge is 0.326 e. The fourth-order valence-corrected chi connectivity index (χ4v) is 2.22. The number of carboxylic acid groups (broad SMARTS) is 1. The number of nitrogens with one attached hydrogen (secondary N) is 1. The zero-order valence-corrected chi connectivity index (χ0v) is 10.6. The summed E-state index contributed by atoms with van der Waals surface area (Å²) in [6, 6.07) is 5.36. The van der Waals surface area contributed by atoms with E-state index in [1.165, 1.54) is 0 Å². The largest absolute Gasteiger partial charge is 0.480 e. The lowest BCUT2D eigenvalue weighted by Crippen LogP contribution is -2.52. The van der Waals surface area contributed by atoms with Gasteiger partial charge in [0.15, 0.2) is 0 Å². The number of nitrogens with zero attached hydrogens (tertiary/aromatic N) is 1. The normalized spacial score (nSPS) is 17.8. The molecule has 2 amide bonds. The maximum Gasteiger partial charge on any atom is 0.326 e. The second-order valence-electron chi connectivity index (χ2n) is 4.53. The average Bonchev–Trinajstić information content (AvgIpc) is 2.43. The highest BCUT2D eigenvalue weighted by Gasteiger charge is 2.34. The molecule has 2 rings (SSSR count). The molecule has 0 aliphatic carbocycles. The van der Waals surface area contributed by atoms with Gasteiger partial charge in [-0.3, -0.25) is 0 Å². The van der Waals surface area contributed by atoms with Crippen molar-refractivity contribution in [2.24, 2.45) is 0 Å². The lowest BCUT2D eigenvalue weighted by Gasteiger charge is -2.34. The van der Waals surface area contributed by atoms with Crippen molar-refractivity contribution in [1.82, 2.24) is 10.2 Å². The minimum Gasteiger partial charge on any atom is -0.480 e. The Morgan fingerprint density at radius 1 is 1.35 bits per heavy atom. The van der Waals surface area contributed by atoms with E-state index >= 15 is 0 Å². The molecule has 2 N–H and O–H groups in total. The molecule has 5 nitrogen and oxygen atoms in total. The van der Waals surface area contributed by atoms with Gasteiger partial charge in [0.25, 0.3) is 6.43 Å². The molecule has 1 aliphatic heterocycles. The van der Waals surface area contributed by atoms with Gasteiger partial charge in [0, 0.05) is 13.0 Å². The number of fused-ring (bicyclic) bond motifs is 1. The molecule has 1 heterocycles. The predicted molar refractivity (Wildman–Crippen MR) is 66.5 cm³/mol. The maximum absolute atomic E-state index is 12.1. The van der Waals surface area contributed by atoms with E-state index in [-0.39, 0.29) is 13.0 Å². The number of amides is 2. The monoisotopic (exact) mass is 284 g/mol. The third-order valence-corrected chi connectivity index (χ3v) is 3.20. The van der Waals surface area contributed by atoms with Crippen LogP contribution in [0.2, 0.25) is 0 Å². The second kappa shape index (κ2) is 5.85. The van der Waals surface area contributed by atoms with Crippen molar-refractivity contribution in [3.05, 3.63) is 35.4 Å². The Bertz CT molecular complexity index is 522. The van der Waals surface area contributed by atoms with Gasteiger partial charge < -0.3 is 15.3 Å². The van der Waals surface area contributed by atoms with Gasteiger partial charge in [-0.2, -0.15) is 0 Å². The van der Waals surface area contributed by atoms with Gasteiger partial charge >= 0.3 is 12.0 Å². The standard InChI is InChI=1S/C13H14F2N2O3/c14-11(15)6-16-13(20)17-7-9-4-2-1-3-8(9)5-10(17)12(18)19/h1-4,10-11H,5-7H2,(H,16,20)(H,18,19)/t10-/m1/s1. The summed E-state index contributed by atoms with van der Waals surface area (Å²) in [7, 11) is 0. The number of benzene rings is 1. The molecule has 1 aliphatic rings. The summed E-state index contributed by atoms with van der Waals surface area (Å²) < 4.78 is 24.2. The summed E-state index contributed by atoms with van der Waals surface area (Å²) in [5, 5.41) is 11.2. The fraction of sp³-hybridized carbons (Fsp3) is 0.385. The number of alkyl halides is 2. The van der Waals surface area contributed by atoms with Crippen LogP contribution in [0.1, 0.15) is 11.1 Å². The van der Waals surface area contributed by atoms with Gasteiger partial charge in [0.2, 0.25) is 0 Å². The van der Waals surface area contributed by atoms with Crippen molar-refractivity contribution in [3.8, 4) is 0 Å². The Balaban J connectivity index is 2.18. The molecule has 0 saturated carbocycles. The van der Waals surface area contributed by atoms with Crippen molar-refractivity contribution >= 4 is 12.0 Å². The Morgan fingerprint density at radius 3 is 2.60 bits per heavy atom. The van der Waals surface area contributed by atoms with Crippen LogP contribution >= 0.6 is 0 Å². The molecule has 0 fully saturated rings. The Labute approximate surface area is 114 Å². The minimum atomic E-state index is -2.67.